The topological polar surface area (TPSA) is 70.9 Å². The Balaban J connectivity index is 1.54. The number of anilines is 2. The zero-order chi connectivity index (χ0) is 21.8. The fraction of sp³-hybridized carbons (Fsp3) is 0.682. The van der Waals surface area contributed by atoms with Crippen molar-refractivity contribution in [2.24, 2.45) is 0 Å². The van der Waals surface area contributed by atoms with Crippen LogP contribution in [0.3, 0.4) is 0 Å². The summed E-state index contributed by atoms with van der Waals surface area (Å²) in [7, 11) is 0. The average Bonchev–Trinajstić information content (AvgIpc) is 3.05. The quantitative estimate of drug-likeness (QED) is 0.710. The standard InChI is InChI=1S/C22H33F2N7/c1-3-30-12-5-4-6-18(15-30)26-20-14-19(25-17-7-10-22(23,24)11-8-17)27-21(28-20)31-13-9-16(2)29-31/h9,13-14,17-18H,3-8,10-12,15H2,1-2H3,(H2,25,26,27,28). The molecule has 3 heterocycles. The molecule has 1 saturated heterocycles. The molecule has 170 valence electrons. The Hall–Kier alpha value is -2.29. The molecule has 9 heteroatoms. The molecule has 31 heavy (non-hydrogen) atoms. The zero-order valence-electron chi connectivity index (χ0n) is 18.4. The van der Waals surface area contributed by atoms with Gasteiger partial charge < -0.3 is 15.5 Å². The van der Waals surface area contributed by atoms with E-state index in [1.54, 1.807) is 4.68 Å². The Kier molecular flexibility index (Phi) is 6.69. The first-order valence-corrected chi connectivity index (χ1v) is 11.5. The Labute approximate surface area is 182 Å². The number of aryl methyl sites for hydroxylation is 1. The molecule has 2 aromatic rings. The van der Waals surface area contributed by atoms with E-state index in [0.717, 1.165) is 37.6 Å². The first-order chi connectivity index (χ1) is 14.9. The summed E-state index contributed by atoms with van der Waals surface area (Å²) in [6.07, 6.45) is 6.04. The van der Waals surface area contributed by atoms with Crippen molar-refractivity contribution in [1.82, 2.24) is 24.6 Å². The predicted molar refractivity (Wildman–Crippen MR) is 118 cm³/mol. The molecule has 1 aliphatic heterocycles. The smallest absolute Gasteiger partial charge is 0.254 e. The number of hydrogen-bond donors (Lipinski definition) is 2. The molecule has 2 N–H and O–H groups in total. The van der Waals surface area contributed by atoms with Crippen LogP contribution in [0.15, 0.2) is 18.3 Å². The van der Waals surface area contributed by atoms with Gasteiger partial charge in [-0.1, -0.05) is 13.3 Å². The molecule has 1 atom stereocenters. The lowest BCUT2D eigenvalue weighted by molar-refractivity contribution is -0.0361. The second-order valence-electron chi connectivity index (χ2n) is 8.84. The number of likely N-dealkylation sites (tertiary alicyclic amines) is 1. The second-order valence-corrected chi connectivity index (χ2v) is 8.84. The highest BCUT2D eigenvalue weighted by Gasteiger charge is 2.35. The molecule has 0 aromatic carbocycles. The highest BCUT2D eigenvalue weighted by Crippen LogP contribution is 2.34. The summed E-state index contributed by atoms with van der Waals surface area (Å²) in [5, 5.41) is 11.4. The van der Waals surface area contributed by atoms with Gasteiger partial charge in [0.1, 0.15) is 11.6 Å². The van der Waals surface area contributed by atoms with Crippen molar-refractivity contribution in [3.8, 4) is 5.95 Å². The maximum absolute atomic E-state index is 13.5. The van der Waals surface area contributed by atoms with E-state index in [1.165, 1.54) is 12.8 Å². The van der Waals surface area contributed by atoms with E-state index in [9.17, 15) is 8.78 Å². The van der Waals surface area contributed by atoms with Crippen molar-refractivity contribution >= 4 is 11.6 Å². The second kappa shape index (κ2) is 9.46. The number of likely N-dealkylation sites (N-methyl/N-ethyl adjacent to an activating group) is 1. The number of alkyl halides is 2. The van der Waals surface area contributed by atoms with Gasteiger partial charge in [-0.3, -0.25) is 0 Å². The van der Waals surface area contributed by atoms with E-state index in [1.807, 2.05) is 25.3 Å². The first-order valence-electron chi connectivity index (χ1n) is 11.5. The van der Waals surface area contributed by atoms with Crippen LogP contribution in [0.5, 0.6) is 0 Å². The van der Waals surface area contributed by atoms with Crippen LogP contribution in [-0.4, -0.2) is 62.3 Å². The number of hydrogen-bond acceptors (Lipinski definition) is 6. The summed E-state index contributed by atoms with van der Waals surface area (Å²) in [6, 6.07) is 4.10. The predicted octanol–water partition coefficient (Wildman–Crippen LogP) is 4.25. The summed E-state index contributed by atoms with van der Waals surface area (Å²) in [5.74, 6) is -0.678. The number of rotatable bonds is 6. The van der Waals surface area contributed by atoms with Crippen molar-refractivity contribution in [3.63, 3.8) is 0 Å². The van der Waals surface area contributed by atoms with Crippen LogP contribution in [0.1, 0.15) is 57.6 Å². The highest BCUT2D eigenvalue weighted by atomic mass is 19.3. The van der Waals surface area contributed by atoms with Crippen molar-refractivity contribution in [3.05, 3.63) is 24.0 Å². The SMILES string of the molecule is CCN1CCCCC(Nc2cc(NC3CCC(F)(F)CC3)nc(-n3ccc(C)n3)n2)C1. The summed E-state index contributed by atoms with van der Waals surface area (Å²) in [5.41, 5.74) is 0.883. The van der Waals surface area contributed by atoms with Gasteiger partial charge in [-0.25, -0.2) is 13.5 Å². The van der Waals surface area contributed by atoms with Gasteiger partial charge in [0.15, 0.2) is 0 Å². The fourth-order valence-electron chi connectivity index (χ4n) is 4.44. The third kappa shape index (κ3) is 5.90. The number of nitrogens with zero attached hydrogens (tertiary/aromatic N) is 5. The summed E-state index contributed by atoms with van der Waals surface area (Å²) >= 11 is 0. The van der Waals surface area contributed by atoms with Crippen LogP contribution in [0.4, 0.5) is 20.4 Å². The van der Waals surface area contributed by atoms with Crippen molar-refractivity contribution in [2.45, 2.75) is 76.8 Å². The molecular formula is C22H33F2N7. The first kappa shape index (κ1) is 21.9. The van der Waals surface area contributed by atoms with Crippen molar-refractivity contribution in [2.75, 3.05) is 30.3 Å². The minimum absolute atomic E-state index is 0.0111. The third-order valence-electron chi connectivity index (χ3n) is 6.27. The van der Waals surface area contributed by atoms with Crippen LogP contribution in [0, 0.1) is 6.92 Å². The lowest BCUT2D eigenvalue weighted by atomic mass is 9.92. The Bertz CT molecular complexity index is 859. The van der Waals surface area contributed by atoms with Gasteiger partial charge in [0.25, 0.3) is 5.95 Å². The van der Waals surface area contributed by atoms with Crippen molar-refractivity contribution < 1.29 is 8.78 Å². The minimum Gasteiger partial charge on any atom is -0.367 e. The van der Waals surface area contributed by atoms with E-state index < -0.39 is 5.92 Å². The van der Waals surface area contributed by atoms with Crippen LogP contribution < -0.4 is 10.6 Å². The molecule has 0 radical (unpaired) electrons. The average molecular weight is 434 g/mol. The van der Waals surface area contributed by atoms with E-state index in [0.29, 0.717) is 30.6 Å². The molecule has 0 spiro atoms. The largest absolute Gasteiger partial charge is 0.367 e. The van der Waals surface area contributed by atoms with Crippen LogP contribution in [0.2, 0.25) is 0 Å². The molecule has 4 rings (SSSR count). The van der Waals surface area contributed by atoms with Crippen molar-refractivity contribution in [1.29, 1.82) is 0 Å². The van der Waals surface area contributed by atoms with Gasteiger partial charge in [0, 0.05) is 43.7 Å². The summed E-state index contributed by atoms with van der Waals surface area (Å²) in [6.45, 7) is 7.28. The highest BCUT2D eigenvalue weighted by molar-refractivity contribution is 5.50. The summed E-state index contributed by atoms with van der Waals surface area (Å²) < 4.78 is 28.7. The molecule has 0 amide bonds. The van der Waals surface area contributed by atoms with E-state index >= 15 is 0 Å². The molecule has 7 nitrogen and oxygen atoms in total. The van der Waals surface area contributed by atoms with Crippen LogP contribution >= 0.6 is 0 Å². The maximum atomic E-state index is 13.5. The number of nitrogens with one attached hydrogen (secondary N) is 2. The van der Waals surface area contributed by atoms with E-state index in [4.69, 9.17) is 4.98 Å². The molecule has 2 aromatic heterocycles. The summed E-state index contributed by atoms with van der Waals surface area (Å²) in [4.78, 5) is 11.8. The third-order valence-corrected chi connectivity index (χ3v) is 6.27. The van der Waals surface area contributed by atoms with Crippen LogP contribution in [0.25, 0.3) is 5.95 Å². The Morgan fingerprint density at radius 2 is 1.77 bits per heavy atom. The molecule has 2 fully saturated rings. The molecule has 0 bridgehead atoms. The minimum atomic E-state index is -2.54. The normalized spacial score (nSPS) is 22.8. The lowest BCUT2D eigenvalue weighted by Gasteiger charge is -2.29. The Morgan fingerprint density at radius 1 is 1.06 bits per heavy atom. The molecule has 1 unspecified atom stereocenters. The Morgan fingerprint density at radius 3 is 2.42 bits per heavy atom. The monoisotopic (exact) mass is 433 g/mol. The lowest BCUT2D eigenvalue weighted by Crippen LogP contribution is -2.35. The molecular weight excluding hydrogens is 400 g/mol. The van der Waals surface area contributed by atoms with Gasteiger partial charge >= 0.3 is 0 Å². The fourth-order valence-corrected chi connectivity index (χ4v) is 4.44. The van der Waals surface area contributed by atoms with Crippen LogP contribution in [-0.2, 0) is 0 Å². The van der Waals surface area contributed by atoms with Gasteiger partial charge in [-0.2, -0.15) is 15.1 Å². The molecule has 1 aliphatic carbocycles. The maximum Gasteiger partial charge on any atom is 0.254 e. The van der Waals surface area contributed by atoms with Gasteiger partial charge in [-0.05, 0) is 51.8 Å². The molecule has 2 aliphatic rings. The van der Waals surface area contributed by atoms with Gasteiger partial charge in [0.2, 0.25) is 5.92 Å². The van der Waals surface area contributed by atoms with Gasteiger partial charge in [-0.15, -0.1) is 0 Å². The van der Waals surface area contributed by atoms with Gasteiger partial charge in [0.05, 0.1) is 5.69 Å². The zero-order valence-corrected chi connectivity index (χ0v) is 18.4. The molecule has 1 saturated carbocycles. The van der Waals surface area contributed by atoms with E-state index in [2.05, 4.69) is 32.5 Å². The number of aromatic nitrogens is 4. The number of halogens is 2. The van der Waals surface area contributed by atoms with E-state index in [-0.39, 0.29) is 18.9 Å².